The molecule has 3 nitrogen and oxygen atoms in total. The number of rotatable bonds is 6. The number of hydrogen-bond donors (Lipinski definition) is 2. The molecule has 0 aromatic heterocycles. The third-order valence-corrected chi connectivity index (χ3v) is 3.48. The molecule has 1 atom stereocenters. The van der Waals surface area contributed by atoms with E-state index < -0.39 is 0 Å². The zero-order valence-corrected chi connectivity index (χ0v) is 12.4. The Kier molecular flexibility index (Phi) is 5.78. The second-order valence-corrected chi connectivity index (χ2v) is 5.28. The summed E-state index contributed by atoms with van der Waals surface area (Å²) in [5, 5.41) is 12.8. The van der Waals surface area contributed by atoms with E-state index in [1.807, 2.05) is 42.5 Å². The van der Waals surface area contributed by atoms with Crippen molar-refractivity contribution < 1.29 is 9.90 Å². The second kappa shape index (κ2) is 7.81. The lowest BCUT2D eigenvalue weighted by atomic mass is 10.0. The molecule has 2 aromatic rings. The molecular weight excluding hydrogens is 286 g/mol. The van der Waals surface area contributed by atoms with Gasteiger partial charge in [-0.05, 0) is 29.7 Å². The smallest absolute Gasteiger partial charge is 0.224 e. The molecule has 0 spiro atoms. The summed E-state index contributed by atoms with van der Waals surface area (Å²) in [6.45, 7) is 0.0286. The van der Waals surface area contributed by atoms with Gasteiger partial charge in [0.15, 0.2) is 0 Å². The highest BCUT2D eigenvalue weighted by Gasteiger charge is 2.14. The average Bonchev–Trinajstić information content (AvgIpc) is 2.50. The summed E-state index contributed by atoms with van der Waals surface area (Å²) < 4.78 is 0. The van der Waals surface area contributed by atoms with Crippen molar-refractivity contribution in [3.63, 3.8) is 0 Å². The average molecular weight is 304 g/mol. The van der Waals surface area contributed by atoms with E-state index in [1.54, 1.807) is 12.1 Å². The molecule has 0 heterocycles. The summed E-state index contributed by atoms with van der Waals surface area (Å²) in [6.07, 6.45) is 0.794. The summed E-state index contributed by atoms with van der Waals surface area (Å²) >= 11 is 5.83. The number of nitrogens with one attached hydrogen (secondary N) is 1. The third kappa shape index (κ3) is 4.88. The Labute approximate surface area is 129 Å². The maximum absolute atomic E-state index is 12.1. The van der Waals surface area contributed by atoms with Crippen LogP contribution in [0.5, 0.6) is 0 Å². The summed E-state index contributed by atoms with van der Waals surface area (Å²) in [6, 6.07) is 16.7. The van der Waals surface area contributed by atoms with Crippen molar-refractivity contribution in [1.82, 2.24) is 5.32 Å². The summed E-state index contributed by atoms with van der Waals surface area (Å²) in [5.41, 5.74) is 1.91. The fraction of sp³-hybridized carbons (Fsp3) is 0.235. The van der Waals surface area contributed by atoms with Gasteiger partial charge in [-0.1, -0.05) is 54.1 Å². The second-order valence-electron chi connectivity index (χ2n) is 4.85. The number of amides is 1. The van der Waals surface area contributed by atoms with Crippen LogP contribution in [-0.2, 0) is 11.2 Å². The highest BCUT2D eigenvalue weighted by Crippen LogP contribution is 2.16. The van der Waals surface area contributed by atoms with Crippen molar-refractivity contribution in [2.24, 2.45) is 0 Å². The monoisotopic (exact) mass is 303 g/mol. The van der Waals surface area contributed by atoms with Crippen molar-refractivity contribution in [3.05, 3.63) is 70.7 Å². The van der Waals surface area contributed by atoms with Gasteiger partial charge in [0.25, 0.3) is 0 Å². The van der Waals surface area contributed by atoms with Crippen molar-refractivity contribution in [2.75, 3.05) is 6.61 Å². The first-order valence-electron chi connectivity index (χ1n) is 6.88. The number of carbonyl (C=O) groups excluding carboxylic acids is 1. The van der Waals surface area contributed by atoms with E-state index in [-0.39, 0.29) is 18.6 Å². The quantitative estimate of drug-likeness (QED) is 0.861. The maximum atomic E-state index is 12.1. The maximum Gasteiger partial charge on any atom is 0.224 e. The van der Waals surface area contributed by atoms with Gasteiger partial charge < -0.3 is 10.4 Å². The largest absolute Gasteiger partial charge is 0.396 e. The van der Waals surface area contributed by atoms with Crippen LogP contribution in [0.25, 0.3) is 0 Å². The molecule has 2 rings (SSSR count). The lowest BCUT2D eigenvalue weighted by Gasteiger charge is -2.18. The number of aliphatic hydroxyl groups excluding tert-OH is 1. The molecule has 0 radical (unpaired) electrons. The predicted molar refractivity (Wildman–Crippen MR) is 84.2 cm³/mol. The van der Waals surface area contributed by atoms with Gasteiger partial charge in [-0.2, -0.15) is 0 Å². The molecule has 2 aromatic carbocycles. The Balaban J connectivity index is 2.00. The fourth-order valence-corrected chi connectivity index (χ4v) is 2.30. The molecule has 110 valence electrons. The van der Waals surface area contributed by atoms with Crippen LogP contribution in [0.15, 0.2) is 54.6 Å². The topological polar surface area (TPSA) is 49.3 Å². The predicted octanol–water partition coefficient (Wildman–Crippen LogP) is 3.12. The third-order valence-electron chi connectivity index (χ3n) is 3.23. The minimum absolute atomic E-state index is 0.0286. The van der Waals surface area contributed by atoms with E-state index in [2.05, 4.69) is 5.32 Å². The minimum atomic E-state index is -0.170. The summed E-state index contributed by atoms with van der Waals surface area (Å²) in [7, 11) is 0. The highest BCUT2D eigenvalue weighted by atomic mass is 35.5. The minimum Gasteiger partial charge on any atom is -0.396 e. The summed E-state index contributed by atoms with van der Waals surface area (Å²) in [4.78, 5) is 12.1. The van der Waals surface area contributed by atoms with Gasteiger partial charge in [0.2, 0.25) is 5.91 Å². The highest BCUT2D eigenvalue weighted by molar-refractivity contribution is 6.30. The van der Waals surface area contributed by atoms with E-state index in [1.165, 1.54) is 0 Å². The Morgan fingerprint density at radius 3 is 2.38 bits per heavy atom. The Hall–Kier alpha value is -1.84. The van der Waals surface area contributed by atoms with Crippen molar-refractivity contribution >= 4 is 17.5 Å². The molecule has 0 aliphatic rings. The number of aliphatic hydroxyl groups is 1. The molecule has 0 aliphatic carbocycles. The molecule has 0 saturated heterocycles. The molecule has 21 heavy (non-hydrogen) atoms. The molecule has 0 saturated carbocycles. The van der Waals surface area contributed by atoms with Gasteiger partial charge in [-0.25, -0.2) is 0 Å². The van der Waals surface area contributed by atoms with Crippen molar-refractivity contribution in [2.45, 2.75) is 18.9 Å². The van der Waals surface area contributed by atoms with Gasteiger partial charge in [0.05, 0.1) is 12.5 Å². The lowest BCUT2D eigenvalue weighted by Crippen LogP contribution is -2.30. The van der Waals surface area contributed by atoms with E-state index >= 15 is 0 Å². The molecule has 0 fully saturated rings. The van der Waals surface area contributed by atoms with Crippen LogP contribution in [0.2, 0.25) is 5.02 Å². The normalized spacial score (nSPS) is 11.9. The van der Waals surface area contributed by atoms with Crippen LogP contribution in [0.4, 0.5) is 0 Å². The molecular formula is C17H18ClNO2. The Morgan fingerprint density at radius 2 is 1.76 bits per heavy atom. The van der Waals surface area contributed by atoms with E-state index in [9.17, 15) is 4.79 Å². The van der Waals surface area contributed by atoms with E-state index in [0.717, 1.165) is 11.1 Å². The molecule has 2 N–H and O–H groups in total. The van der Waals surface area contributed by atoms with Crippen molar-refractivity contribution in [3.8, 4) is 0 Å². The zero-order chi connectivity index (χ0) is 15.1. The number of halogens is 1. The van der Waals surface area contributed by atoms with Gasteiger partial charge in [0.1, 0.15) is 0 Å². The van der Waals surface area contributed by atoms with Gasteiger partial charge in [-0.15, -0.1) is 0 Å². The van der Waals surface area contributed by atoms with E-state index in [4.69, 9.17) is 16.7 Å². The molecule has 0 aliphatic heterocycles. The van der Waals surface area contributed by atoms with E-state index in [0.29, 0.717) is 17.9 Å². The van der Waals surface area contributed by atoms with Crippen LogP contribution in [0.1, 0.15) is 23.6 Å². The Morgan fingerprint density at radius 1 is 1.10 bits per heavy atom. The molecule has 1 unspecified atom stereocenters. The number of benzene rings is 2. The SMILES string of the molecule is O=C(Cc1ccc(Cl)cc1)NC(CCO)c1ccccc1. The van der Waals surface area contributed by atoms with Crippen LogP contribution in [-0.4, -0.2) is 17.6 Å². The molecule has 1 amide bonds. The van der Waals surface area contributed by atoms with Crippen LogP contribution < -0.4 is 5.32 Å². The number of carbonyl (C=O) groups is 1. The standard InChI is InChI=1S/C17H18ClNO2/c18-15-8-6-13(7-9-15)12-17(21)19-16(10-11-20)14-4-2-1-3-5-14/h1-9,16,20H,10-12H2,(H,19,21). The first-order chi connectivity index (χ1) is 10.2. The first-order valence-corrected chi connectivity index (χ1v) is 7.26. The van der Waals surface area contributed by atoms with Gasteiger partial charge >= 0.3 is 0 Å². The van der Waals surface area contributed by atoms with Gasteiger partial charge in [0, 0.05) is 11.6 Å². The van der Waals surface area contributed by atoms with Crippen molar-refractivity contribution in [1.29, 1.82) is 0 Å². The first kappa shape index (κ1) is 15.5. The lowest BCUT2D eigenvalue weighted by molar-refractivity contribution is -0.121. The fourth-order valence-electron chi connectivity index (χ4n) is 2.17. The zero-order valence-electron chi connectivity index (χ0n) is 11.6. The molecule has 4 heteroatoms. The summed E-state index contributed by atoms with van der Waals surface area (Å²) in [5.74, 6) is -0.0698. The van der Waals surface area contributed by atoms with Crippen LogP contribution >= 0.6 is 11.6 Å². The van der Waals surface area contributed by atoms with Gasteiger partial charge in [-0.3, -0.25) is 4.79 Å². The number of hydrogen-bond acceptors (Lipinski definition) is 2. The Bertz CT molecular complexity index is 569. The van der Waals surface area contributed by atoms with Crippen LogP contribution in [0, 0.1) is 0 Å². The van der Waals surface area contributed by atoms with Crippen LogP contribution in [0.3, 0.4) is 0 Å². The molecule has 0 bridgehead atoms.